The summed E-state index contributed by atoms with van der Waals surface area (Å²) in [6.07, 6.45) is 7.89. The summed E-state index contributed by atoms with van der Waals surface area (Å²) in [6, 6.07) is 1.11. The van der Waals surface area contributed by atoms with Gasteiger partial charge in [0.1, 0.15) is 0 Å². The SMILES string of the molecule is CC1OCCC1n1ccnc1NC1CC1. The fraction of sp³-hybridized carbons (Fsp3) is 0.727. The van der Waals surface area contributed by atoms with Crippen molar-refractivity contribution in [2.75, 3.05) is 11.9 Å². The Kier molecular flexibility index (Phi) is 2.16. The van der Waals surface area contributed by atoms with Crippen molar-refractivity contribution in [1.82, 2.24) is 9.55 Å². The second-order valence-corrected chi connectivity index (χ2v) is 4.51. The van der Waals surface area contributed by atoms with E-state index in [0.29, 0.717) is 18.2 Å². The molecule has 1 N–H and O–H groups in total. The zero-order valence-corrected chi connectivity index (χ0v) is 9.02. The maximum Gasteiger partial charge on any atom is 0.203 e. The lowest BCUT2D eigenvalue weighted by molar-refractivity contribution is 0.108. The van der Waals surface area contributed by atoms with Crippen LogP contribution in [-0.4, -0.2) is 28.3 Å². The average molecular weight is 207 g/mol. The molecule has 1 saturated carbocycles. The monoisotopic (exact) mass is 207 g/mol. The summed E-state index contributed by atoms with van der Waals surface area (Å²) in [5.74, 6) is 1.01. The molecule has 2 heterocycles. The number of aromatic nitrogens is 2. The first kappa shape index (κ1) is 9.21. The fourth-order valence-electron chi connectivity index (χ4n) is 2.19. The van der Waals surface area contributed by atoms with Gasteiger partial charge in [0.2, 0.25) is 5.95 Å². The van der Waals surface area contributed by atoms with Gasteiger partial charge in [-0.25, -0.2) is 4.98 Å². The van der Waals surface area contributed by atoms with Crippen LogP contribution in [-0.2, 0) is 4.74 Å². The standard InChI is InChI=1S/C11H17N3O/c1-8-10(4-7-15-8)14-6-5-12-11(14)13-9-2-3-9/h5-6,8-10H,2-4,7H2,1H3,(H,12,13). The minimum absolute atomic E-state index is 0.305. The van der Waals surface area contributed by atoms with Gasteiger partial charge in [-0.3, -0.25) is 0 Å². The van der Waals surface area contributed by atoms with E-state index < -0.39 is 0 Å². The molecule has 2 atom stereocenters. The van der Waals surface area contributed by atoms with E-state index in [1.54, 1.807) is 0 Å². The first-order valence-corrected chi connectivity index (χ1v) is 5.75. The van der Waals surface area contributed by atoms with E-state index in [4.69, 9.17) is 4.74 Å². The minimum atomic E-state index is 0.305. The predicted octanol–water partition coefficient (Wildman–Crippen LogP) is 1.81. The van der Waals surface area contributed by atoms with Crippen molar-refractivity contribution in [2.24, 2.45) is 0 Å². The van der Waals surface area contributed by atoms with Crippen LogP contribution in [0.25, 0.3) is 0 Å². The Hall–Kier alpha value is -1.03. The molecule has 2 fully saturated rings. The van der Waals surface area contributed by atoms with Crippen LogP contribution in [0.1, 0.15) is 32.2 Å². The van der Waals surface area contributed by atoms with Crippen LogP contribution in [0.3, 0.4) is 0 Å². The number of hydrogen-bond acceptors (Lipinski definition) is 3. The Balaban J connectivity index is 1.80. The first-order chi connectivity index (χ1) is 7.34. The van der Waals surface area contributed by atoms with Gasteiger partial charge in [-0.1, -0.05) is 0 Å². The highest BCUT2D eigenvalue weighted by atomic mass is 16.5. The highest BCUT2D eigenvalue weighted by Gasteiger charge is 2.29. The Morgan fingerprint density at radius 2 is 2.33 bits per heavy atom. The molecular weight excluding hydrogens is 190 g/mol. The van der Waals surface area contributed by atoms with Crippen LogP contribution >= 0.6 is 0 Å². The first-order valence-electron chi connectivity index (χ1n) is 5.75. The Labute approximate surface area is 89.6 Å². The summed E-state index contributed by atoms with van der Waals surface area (Å²) in [4.78, 5) is 4.37. The molecule has 4 nitrogen and oxygen atoms in total. The quantitative estimate of drug-likeness (QED) is 0.821. The summed E-state index contributed by atoms with van der Waals surface area (Å²) in [6.45, 7) is 3.01. The van der Waals surface area contributed by atoms with E-state index in [1.807, 2.05) is 6.20 Å². The lowest BCUT2D eigenvalue weighted by Gasteiger charge is -2.18. The summed E-state index contributed by atoms with van der Waals surface area (Å²) in [5.41, 5.74) is 0. The molecule has 1 aliphatic heterocycles. The lowest BCUT2D eigenvalue weighted by Crippen LogP contribution is -2.19. The minimum Gasteiger partial charge on any atom is -0.376 e. The van der Waals surface area contributed by atoms with Crippen molar-refractivity contribution >= 4 is 5.95 Å². The lowest BCUT2D eigenvalue weighted by atomic mass is 10.1. The van der Waals surface area contributed by atoms with E-state index in [-0.39, 0.29) is 0 Å². The van der Waals surface area contributed by atoms with E-state index in [1.165, 1.54) is 12.8 Å². The van der Waals surface area contributed by atoms with Crippen molar-refractivity contribution in [1.29, 1.82) is 0 Å². The van der Waals surface area contributed by atoms with Crippen molar-refractivity contribution < 1.29 is 4.74 Å². The van der Waals surface area contributed by atoms with Crippen molar-refractivity contribution in [3.63, 3.8) is 0 Å². The molecular formula is C11H17N3O. The molecule has 4 heteroatoms. The molecule has 1 saturated heterocycles. The van der Waals surface area contributed by atoms with Crippen LogP contribution < -0.4 is 5.32 Å². The van der Waals surface area contributed by atoms with Gasteiger partial charge in [0.25, 0.3) is 0 Å². The molecule has 1 aliphatic carbocycles. The van der Waals surface area contributed by atoms with Crippen LogP contribution in [0, 0.1) is 0 Å². The number of nitrogens with one attached hydrogen (secondary N) is 1. The zero-order chi connectivity index (χ0) is 10.3. The van der Waals surface area contributed by atoms with Crippen molar-refractivity contribution in [3.05, 3.63) is 12.4 Å². The second kappa shape index (κ2) is 3.52. The van der Waals surface area contributed by atoms with E-state index in [0.717, 1.165) is 19.0 Å². The molecule has 15 heavy (non-hydrogen) atoms. The molecule has 3 rings (SSSR count). The third kappa shape index (κ3) is 1.74. The average Bonchev–Trinajstić information content (AvgIpc) is 2.74. The molecule has 0 bridgehead atoms. The number of nitrogens with zero attached hydrogens (tertiary/aromatic N) is 2. The van der Waals surface area contributed by atoms with Crippen molar-refractivity contribution in [2.45, 2.75) is 44.4 Å². The second-order valence-electron chi connectivity index (χ2n) is 4.51. The normalized spacial score (nSPS) is 30.7. The van der Waals surface area contributed by atoms with Gasteiger partial charge < -0.3 is 14.6 Å². The largest absolute Gasteiger partial charge is 0.376 e. The Bertz CT molecular complexity index is 345. The number of rotatable bonds is 3. The van der Waals surface area contributed by atoms with E-state index in [2.05, 4.69) is 28.0 Å². The van der Waals surface area contributed by atoms with Gasteiger partial charge >= 0.3 is 0 Å². The summed E-state index contributed by atoms with van der Waals surface area (Å²) in [7, 11) is 0. The topological polar surface area (TPSA) is 39.1 Å². The number of anilines is 1. The van der Waals surface area contributed by atoms with E-state index >= 15 is 0 Å². The number of hydrogen-bond donors (Lipinski definition) is 1. The van der Waals surface area contributed by atoms with Gasteiger partial charge in [-0.15, -0.1) is 0 Å². The molecule has 0 radical (unpaired) electrons. The molecule has 82 valence electrons. The van der Waals surface area contributed by atoms with E-state index in [9.17, 15) is 0 Å². The molecule has 0 aromatic carbocycles. The van der Waals surface area contributed by atoms with Gasteiger partial charge in [0.15, 0.2) is 0 Å². The van der Waals surface area contributed by atoms with Crippen LogP contribution in [0.2, 0.25) is 0 Å². The fourth-order valence-corrected chi connectivity index (χ4v) is 2.19. The van der Waals surface area contributed by atoms with Gasteiger partial charge in [0, 0.05) is 25.0 Å². The van der Waals surface area contributed by atoms with Gasteiger partial charge in [0.05, 0.1) is 12.1 Å². The van der Waals surface area contributed by atoms with Crippen LogP contribution in [0.15, 0.2) is 12.4 Å². The molecule has 0 amide bonds. The molecule has 2 aliphatic rings. The summed E-state index contributed by atoms with van der Waals surface area (Å²) < 4.78 is 7.82. The maximum atomic E-state index is 5.59. The van der Waals surface area contributed by atoms with Crippen molar-refractivity contribution in [3.8, 4) is 0 Å². The predicted molar refractivity (Wildman–Crippen MR) is 57.9 cm³/mol. The number of imidazole rings is 1. The highest BCUT2D eigenvalue weighted by Crippen LogP contribution is 2.30. The van der Waals surface area contributed by atoms with Gasteiger partial charge in [-0.05, 0) is 26.2 Å². The molecule has 2 unspecified atom stereocenters. The third-order valence-electron chi connectivity index (χ3n) is 3.27. The Morgan fingerprint density at radius 1 is 1.47 bits per heavy atom. The number of ether oxygens (including phenoxy) is 1. The van der Waals surface area contributed by atoms with Crippen LogP contribution in [0.5, 0.6) is 0 Å². The van der Waals surface area contributed by atoms with Gasteiger partial charge in [-0.2, -0.15) is 0 Å². The summed E-state index contributed by atoms with van der Waals surface area (Å²) >= 11 is 0. The van der Waals surface area contributed by atoms with Crippen LogP contribution in [0.4, 0.5) is 5.95 Å². The molecule has 0 spiro atoms. The maximum absolute atomic E-state index is 5.59. The molecule has 1 aromatic rings. The summed E-state index contributed by atoms with van der Waals surface area (Å²) in [5, 5.41) is 3.46. The zero-order valence-electron chi connectivity index (χ0n) is 9.02. The highest BCUT2D eigenvalue weighted by molar-refractivity contribution is 5.30. The Morgan fingerprint density at radius 3 is 3.00 bits per heavy atom. The third-order valence-corrected chi connectivity index (χ3v) is 3.27. The molecule has 1 aromatic heterocycles. The smallest absolute Gasteiger partial charge is 0.203 e.